The van der Waals surface area contributed by atoms with Crippen LogP contribution < -0.4 is 10.2 Å². The van der Waals surface area contributed by atoms with Crippen molar-refractivity contribution in [1.29, 1.82) is 0 Å². The van der Waals surface area contributed by atoms with E-state index in [9.17, 15) is 4.79 Å². The average Bonchev–Trinajstić information content (AvgIpc) is 2.93. The number of rotatable bonds is 5. The maximum absolute atomic E-state index is 12.0. The van der Waals surface area contributed by atoms with Crippen molar-refractivity contribution in [2.24, 2.45) is 5.92 Å². The van der Waals surface area contributed by atoms with E-state index in [1.807, 2.05) is 6.92 Å². The zero-order chi connectivity index (χ0) is 13.7. The predicted molar refractivity (Wildman–Crippen MR) is 73.1 cm³/mol. The molecule has 0 saturated carbocycles. The first-order valence-electron chi connectivity index (χ1n) is 6.57. The number of hydrogen-bond acceptors (Lipinski definition) is 5. The second kappa shape index (κ2) is 6.47. The number of hydrogen-bond donors (Lipinski definition) is 1. The number of nitrogens with zero attached hydrogens (tertiary/aromatic N) is 3. The number of carbonyl (C=O) groups is 1. The molecule has 0 unspecified atom stereocenters. The smallest absolute Gasteiger partial charge is 0.229 e. The summed E-state index contributed by atoms with van der Waals surface area (Å²) in [4.78, 5) is 22.5. The van der Waals surface area contributed by atoms with Gasteiger partial charge in [-0.15, -0.1) is 0 Å². The van der Waals surface area contributed by atoms with Gasteiger partial charge in [0, 0.05) is 20.2 Å². The zero-order valence-electron chi connectivity index (χ0n) is 11.4. The molecule has 1 N–H and O–H groups in total. The van der Waals surface area contributed by atoms with Crippen LogP contribution in [0.4, 0.5) is 11.5 Å². The van der Waals surface area contributed by atoms with E-state index >= 15 is 0 Å². The lowest BCUT2D eigenvalue weighted by atomic mass is 10.2. The Bertz CT molecular complexity index is 432. The van der Waals surface area contributed by atoms with Crippen LogP contribution in [-0.2, 0) is 9.53 Å². The summed E-state index contributed by atoms with van der Waals surface area (Å²) in [7, 11) is 1.59. The van der Waals surface area contributed by atoms with Crippen LogP contribution in [0.15, 0.2) is 12.5 Å². The highest BCUT2D eigenvalue weighted by Crippen LogP contribution is 2.25. The third-order valence-electron chi connectivity index (χ3n) is 3.22. The molecule has 1 fully saturated rings. The minimum Gasteiger partial charge on any atom is -0.384 e. The van der Waals surface area contributed by atoms with E-state index in [1.165, 1.54) is 6.33 Å². The van der Waals surface area contributed by atoms with Crippen LogP contribution in [0.25, 0.3) is 0 Å². The first-order chi connectivity index (χ1) is 9.22. The highest BCUT2D eigenvalue weighted by molar-refractivity contribution is 5.94. The Morgan fingerprint density at radius 2 is 2.26 bits per heavy atom. The molecule has 19 heavy (non-hydrogen) atoms. The van der Waals surface area contributed by atoms with Crippen molar-refractivity contribution in [3.8, 4) is 0 Å². The third kappa shape index (κ3) is 3.41. The van der Waals surface area contributed by atoms with Gasteiger partial charge in [0.25, 0.3) is 0 Å². The van der Waals surface area contributed by atoms with Crippen molar-refractivity contribution in [3.63, 3.8) is 0 Å². The van der Waals surface area contributed by atoms with E-state index in [1.54, 1.807) is 13.3 Å². The Balaban J connectivity index is 2.09. The second-order valence-electron chi connectivity index (χ2n) is 4.80. The summed E-state index contributed by atoms with van der Waals surface area (Å²) in [5.41, 5.74) is 0.678. The molecule has 1 aliphatic rings. The summed E-state index contributed by atoms with van der Waals surface area (Å²) in [6, 6.07) is 0. The van der Waals surface area contributed by atoms with E-state index < -0.39 is 0 Å². The standard InChI is InChI=1S/C13H20N4O2/c1-10(8-19-2)13(18)16-11-7-14-9-15-12(11)17-5-3-4-6-17/h7,9-10H,3-6,8H2,1-2H3,(H,16,18)/t10-/m1/s1. The van der Waals surface area contributed by atoms with E-state index in [-0.39, 0.29) is 11.8 Å². The van der Waals surface area contributed by atoms with Gasteiger partial charge >= 0.3 is 0 Å². The molecule has 1 aromatic rings. The predicted octanol–water partition coefficient (Wildman–Crippen LogP) is 1.30. The molecule has 0 spiro atoms. The summed E-state index contributed by atoms with van der Waals surface area (Å²) in [6.07, 6.45) is 5.49. The number of amides is 1. The molecule has 6 heteroatoms. The van der Waals surface area contributed by atoms with Crippen LogP contribution >= 0.6 is 0 Å². The number of anilines is 2. The molecule has 1 atom stereocenters. The van der Waals surface area contributed by atoms with Crippen molar-refractivity contribution in [3.05, 3.63) is 12.5 Å². The van der Waals surface area contributed by atoms with Gasteiger partial charge < -0.3 is 15.0 Å². The topological polar surface area (TPSA) is 67.3 Å². The van der Waals surface area contributed by atoms with E-state index in [2.05, 4.69) is 20.2 Å². The van der Waals surface area contributed by atoms with Gasteiger partial charge in [0.1, 0.15) is 12.0 Å². The van der Waals surface area contributed by atoms with Gasteiger partial charge in [-0.1, -0.05) is 6.92 Å². The van der Waals surface area contributed by atoms with Crippen molar-refractivity contribution >= 4 is 17.4 Å². The summed E-state index contributed by atoms with van der Waals surface area (Å²) >= 11 is 0. The minimum atomic E-state index is -0.198. The molecule has 6 nitrogen and oxygen atoms in total. The number of carbonyl (C=O) groups excluding carboxylic acids is 1. The molecule has 1 saturated heterocycles. The fourth-order valence-electron chi connectivity index (χ4n) is 2.17. The van der Waals surface area contributed by atoms with Crippen LogP contribution in [0.1, 0.15) is 19.8 Å². The third-order valence-corrected chi connectivity index (χ3v) is 3.22. The quantitative estimate of drug-likeness (QED) is 0.868. The van der Waals surface area contributed by atoms with Crippen LogP contribution in [0.5, 0.6) is 0 Å². The SMILES string of the molecule is COC[C@@H](C)C(=O)Nc1cncnc1N1CCCC1. The molecule has 1 amide bonds. The fraction of sp³-hybridized carbons (Fsp3) is 0.615. The number of methoxy groups -OCH3 is 1. The van der Waals surface area contributed by atoms with Gasteiger partial charge in [0.15, 0.2) is 5.82 Å². The van der Waals surface area contributed by atoms with Crippen molar-refractivity contribution in [2.45, 2.75) is 19.8 Å². The number of nitrogens with one attached hydrogen (secondary N) is 1. The summed E-state index contributed by atoms with van der Waals surface area (Å²) < 4.78 is 4.99. The van der Waals surface area contributed by atoms with Gasteiger partial charge in [0.2, 0.25) is 5.91 Å². The van der Waals surface area contributed by atoms with Crippen LogP contribution in [0, 0.1) is 5.92 Å². The lowest BCUT2D eigenvalue weighted by molar-refractivity contribution is -0.120. The van der Waals surface area contributed by atoms with Crippen LogP contribution in [0.3, 0.4) is 0 Å². The maximum atomic E-state index is 12.0. The molecular formula is C13H20N4O2. The number of ether oxygens (including phenoxy) is 1. The monoisotopic (exact) mass is 264 g/mol. The lowest BCUT2D eigenvalue weighted by Crippen LogP contribution is -2.26. The average molecular weight is 264 g/mol. The Morgan fingerprint density at radius 1 is 1.53 bits per heavy atom. The fourth-order valence-corrected chi connectivity index (χ4v) is 2.17. The van der Waals surface area contributed by atoms with E-state index in [0.29, 0.717) is 12.3 Å². The Hall–Kier alpha value is -1.69. The van der Waals surface area contributed by atoms with Gasteiger partial charge in [-0.2, -0.15) is 0 Å². The van der Waals surface area contributed by atoms with Crippen molar-refractivity contribution in [1.82, 2.24) is 9.97 Å². The summed E-state index contributed by atoms with van der Waals surface area (Å²) in [5, 5.41) is 2.89. The zero-order valence-corrected chi connectivity index (χ0v) is 11.4. The molecule has 2 heterocycles. The summed E-state index contributed by atoms with van der Waals surface area (Å²) in [5.74, 6) is 0.541. The Kier molecular flexibility index (Phi) is 4.68. The number of aromatic nitrogens is 2. The molecule has 2 rings (SSSR count). The van der Waals surface area contributed by atoms with Gasteiger partial charge in [0.05, 0.1) is 18.7 Å². The molecule has 0 aliphatic carbocycles. The molecular weight excluding hydrogens is 244 g/mol. The Labute approximate surface area is 113 Å². The molecule has 1 aliphatic heterocycles. The first-order valence-corrected chi connectivity index (χ1v) is 6.57. The molecule has 0 aromatic carbocycles. The highest BCUT2D eigenvalue weighted by Gasteiger charge is 2.20. The van der Waals surface area contributed by atoms with Crippen molar-refractivity contribution in [2.75, 3.05) is 37.0 Å². The maximum Gasteiger partial charge on any atom is 0.229 e. The molecule has 104 valence electrons. The van der Waals surface area contributed by atoms with Gasteiger partial charge in [-0.3, -0.25) is 4.79 Å². The van der Waals surface area contributed by atoms with E-state index in [4.69, 9.17) is 4.74 Å². The largest absolute Gasteiger partial charge is 0.384 e. The molecule has 0 radical (unpaired) electrons. The van der Waals surface area contributed by atoms with Crippen LogP contribution in [-0.4, -0.2) is 42.7 Å². The highest BCUT2D eigenvalue weighted by atomic mass is 16.5. The first kappa shape index (κ1) is 13.7. The molecule has 0 bridgehead atoms. The minimum absolute atomic E-state index is 0.0721. The van der Waals surface area contributed by atoms with Crippen molar-refractivity contribution < 1.29 is 9.53 Å². The van der Waals surface area contributed by atoms with Crippen LogP contribution in [0.2, 0.25) is 0 Å². The van der Waals surface area contributed by atoms with Gasteiger partial charge in [-0.25, -0.2) is 9.97 Å². The van der Waals surface area contributed by atoms with Gasteiger partial charge in [-0.05, 0) is 12.8 Å². The molecule has 1 aromatic heterocycles. The summed E-state index contributed by atoms with van der Waals surface area (Å²) in [6.45, 7) is 4.19. The second-order valence-corrected chi connectivity index (χ2v) is 4.80. The van der Waals surface area contributed by atoms with E-state index in [0.717, 1.165) is 31.7 Å². The lowest BCUT2D eigenvalue weighted by Gasteiger charge is -2.20. The normalized spacial score (nSPS) is 16.4. The Morgan fingerprint density at radius 3 is 2.95 bits per heavy atom.